The smallest absolute Gasteiger partial charge is 0.0541 e. The Morgan fingerprint density at radius 1 is 0.381 bits per heavy atom. The Morgan fingerprint density at radius 3 is 1.83 bits per heavy atom. The molecule has 1 aliphatic heterocycles. The lowest BCUT2D eigenvalue weighted by Gasteiger charge is -2.22. The fourth-order valence-electron chi connectivity index (χ4n) is 6.71. The number of benzene rings is 7. The maximum Gasteiger partial charge on any atom is 0.0541 e. The molecular formula is C40H25NS. The first-order valence-electron chi connectivity index (χ1n) is 14.4. The predicted octanol–water partition coefficient (Wildman–Crippen LogP) is 11.4. The molecule has 0 amide bonds. The van der Waals surface area contributed by atoms with E-state index in [2.05, 4.69) is 156 Å². The molecule has 2 heteroatoms. The summed E-state index contributed by atoms with van der Waals surface area (Å²) >= 11 is 1.88. The summed E-state index contributed by atoms with van der Waals surface area (Å²) in [5.74, 6) is 0. The monoisotopic (exact) mass is 551 g/mol. The molecule has 8 aromatic rings. The SMILES string of the molecule is c1ccc(-c2ccc3c4c(cccc24)-c2cc(-c4cccc(-n5c6ccccc6c6ccccc65)c4)ccc2S3)cc1. The molecule has 7 aromatic carbocycles. The summed E-state index contributed by atoms with van der Waals surface area (Å²) in [6, 6.07) is 55.4. The molecule has 0 saturated carbocycles. The first-order valence-corrected chi connectivity index (χ1v) is 15.2. The van der Waals surface area contributed by atoms with Crippen LogP contribution in [0.2, 0.25) is 0 Å². The fraction of sp³-hybridized carbons (Fsp3) is 0. The van der Waals surface area contributed by atoms with Gasteiger partial charge in [0.25, 0.3) is 0 Å². The maximum atomic E-state index is 2.39. The van der Waals surface area contributed by atoms with Crippen molar-refractivity contribution in [2.45, 2.75) is 9.79 Å². The normalized spacial score (nSPS) is 12.2. The van der Waals surface area contributed by atoms with Crippen molar-refractivity contribution in [3.8, 4) is 39.1 Å². The van der Waals surface area contributed by atoms with E-state index in [1.807, 2.05) is 11.8 Å². The highest BCUT2D eigenvalue weighted by Crippen LogP contribution is 2.50. The first kappa shape index (κ1) is 23.6. The summed E-state index contributed by atoms with van der Waals surface area (Å²) in [5, 5.41) is 5.23. The molecule has 9 rings (SSSR count). The molecule has 42 heavy (non-hydrogen) atoms. The zero-order valence-corrected chi connectivity index (χ0v) is 23.6. The van der Waals surface area contributed by atoms with Gasteiger partial charge in [0.15, 0.2) is 0 Å². The van der Waals surface area contributed by atoms with Crippen LogP contribution in [-0.2, 0) is 0 Å². The zero-order chi connectivity index (χ0) is 27.6. The topological polar surface area (TPSA) is 4.93 Å². The third-order valence-electron chi connectivity index (χ3n) is 8.59. The largest absolute Gasteiger partial charge is 0.309 e. The van der Waals surface area contributed by atoms with Crippen LogP contribution < -0.4 is 0 Å². The van der Waals surface area contributed by atoms with Gasteiger partial charge in [0.05, 0.1) is 11.0 Å². The summed E-state index contributed by atoms with van der Waals surface area (Å²) < 4.78 is 2.39. The van der Waals surface area contributed by atoms with Crippen LogP contribution in [0.25, 0.3) is 71.6 Å². The second kappa shape index (κ2) is 9.24. The van der Waals surface area contributed by atoms with Gasteiger partial charge in [0, 0.05) is 31.6 Å². The van der Waals surface area contributed by atoms with Crippen molar-refractivity contribution in [3.63, 3.8) is 0 Å². The summed E-state index contributed by atoms with van der Waals surface area (Å²) in [5.41, 5.74) is 11.3. The molecule has 0 bridgehead atoms. The van der Waals surface area contributed by atoms with E-state index in [1.54, 1.807) is 0 Å². The van der Waals surface area contributed by atoms with E-state index in [9.17, 15) is 0 Å². The van der Waals surface area contributed by atoms with Crippen molar-refractivity contribution in [2.75, 3.05) is 0 Å². The molecule has 0 atom stereocenters. The van der Waals surface area contributed by atoms with Crippen molar-refractivity contribution in [3.05, 3.63) is 152 Å². The van der Waals surface area contributed by atoms with Crippen molar-refractivity contribution < 1.29 is 0 Å². The number of rotatable bonds is 3. The van der Waals surface area contributed by atoms with Crippen LogP contribution in [-0.4, -0.2) is 4.57 Å². The lowest BCUT2D eigenvalue weighted by molar-refractivity contribution is 1.18. The highest BCUT2D eigenvalue weighted by molar-refractivity contribution is 7.99. The van der Waals surface area contributed by atoms with Gasteiger partial charge in [-0.25, -0.2) is 0 Å². The molecule has 2 heterocycles. The van der Waals surface area contributed by atoms with Gasteiger partial charge in [0.2, 0.25) is 0 Å². The van der Waals surface area contributed by atoms with Gasteiger partial charge < -0.3 is 4.57 Å². The molecule has 0 radical (unpaired) electrons. The van der Waals surface area contributed by atoms with Crippen LogP contribution >= 0.6 is 11.8 Å². The Labute approximate surface area is 248 Å². The molecule has 1 aliphatic rings. The van der Waals surface area contributed by atoms with Crippen LogP contribution in [0.3, 0.4) is 0 Å². The Kier molecular flexibility index (Phi) is 5.20. The van der Waals surface area contributed by atoms with E-state index in [0.29, 0.717) is 0 Å². The van der Waals surface area contributed by atoms with Crippen molar-refractivity contribution in [1.82, 2.24) is 4.57 Å². The van der Waals surface area contributed by atoms with E-state index in [4.69, 9.17) is 0 Å². The second-order valence-corrected chi connectivity index (χ2v) is 12.0. The Balaban J connectivity index is 1.21. The molecule has 0 unspecified atom stereocenters. The summed E-state index contributed by atoms with van der Waals surface area (Å²) in [7, 11) is 0. The average Bonchev–Trinajstić information content (AvgIpc) is 3.40. The number of hydrogen-bond donors (Lipinski definition) is 0. The van der Waals surface area contributed by atoms with E-state index < -0.39 is 0 Å². The maximum absolute atomic E-state index is 2.39. The minimum atomic E-state index is 1.18. The van der Waals surface area contributed by atoms with Crippen LogP contribution in [0.5, 0.6) is 0 Å². The quantitative estimate of drug-likeness (QED) is 0.211. The number of fused-ring (bicyclic) bond motifs is 5. The van der Waals surface area contributed by atoms with Gasteiger partial charge in [-0.15, -0.1) is 0 Å². The van der Waals surface area contributed by atoms with Gasteiger partial charge in [-0.3, -0.25) is 0 Å². The molecule has 0 aliphatic carbocycles. The summed E-state index contributed by atoms with van der Waals surface area (Å²) in [6.07, 6.45) is 0. The first-order chi connectivity index (χ1) is 20.8. The van der Waals surface area contributed by atoms with E-state index in [-0.39, 0.29) is 0 Å². The van der Waals surface area contributed by atoms with Crippen LogP contribution in [0, 0.1) is 0 Å². The minimum Gasteiger partial charge on any atom is -0.309 e. The lowest BCUT2D eigenvalue weighted by Crippen LogP contribution is -1.96. The molecule has 0 spiro atoms. The van der Waals surface area contributed by atoms with E-state index in [0.717, 1.165) is 0 Å². The molecule has 0 saturated heterocycles. The van der Waals surface area contributed by atoms with Gasteiger partial charge >= 0.3 is 0 Å². The zero-order valence-electron chi connectivity index (χ0n) is 22.8. The van der Waals surface area contributed by atoms with Crippen molar-refractivity contribution >= 4 is 44.3 Å². The third-order valence-corrected chi connectivity index (χ3v) is 9.73. The number of hydrogen-bond acceptors (Lipinski definition) is 1. The molecular weight excluding hydrogens is 527 g/mol. The molecule has 0 fully saturated rings. The molecule has 1 aromatic heterocycles. The van der Waals surface area contributed by atoms with Crippen LogP contribution in [0.15, 0.2) is 161 Å². The number of para-hydroxylation sites is 2. The number of nitrogens with zero attached hydrogens (tertiary/aromatic N) is 1. The Bertz CT molecular complexity index is 2270. The highest BCUT2D eigenvalue weighted by atomic mass is 32.2. The molecule has 196 valence electrons. The van der Waals surface area contributed by atoms with Gasteiger partial charge in [-0.2, -0.15) is 0 Å². The second-order valence-electron chi connectivity index (χ2n) is 10.9. The van der Waals surface area contributed by atoms with Gasteiger partial charge in [-0.1, -0.05) is 121 Å². The minimum absolute atomic E-state index is 1.18. The molecule has 0 N–H and O–H groups in total. The van der Waals surface area contributed by atoms with Crippen molar-refractivity contribution in [2.24, 2.45) is 0 Å². The summed E-state index contributed by atoms with van der Waals surface area (Å²) in [6.45, 7) is 0. The number of aromatic nitrogens is 1. The third kappa shape index (κ3) is 3.52. The highest BCUT2D eigenvalue weighted by Gasteiger charge is 2.21. The lowest BCUT2D eigenvalue weighted by atomic mass is 9.91. The fourth-order valence-corrected chi connectivity index (χ4v) is 7.82. The predicted molar refractivity (Wildman–Crippen MR) is 179 cm³/mol. The standard InChI is InChI=1S/C40H25NS/c1-2-10-26(11-3-1)30-21-23-39-40-33(30)16-9-17-34(40)35-25-28(20-22-38(35)42-39)27-12-8-13-29(24-27)41-36-18-6-4-14-31(36)32-15-5-7-19-37(32)41/h1-25H. The van der Waals surface area contributed by atoms with Gasteiger partial charge in [0.1, 0.15) is 0 Å². The molecule has 1 nitrogen and oxygen atoms in total. The Hall–Kier alpha value is -5.05. The van der Waals surface area contributed by atoms with Crippen LogP contribution in [0.4, 0.5) is 0 Å². The van der Waals surface area contributed by atoms with Crippen LogP contribution in [0.1, 0.15) is 0 Å². The van der Waals surface area contributed by atoms with E-state index >= 15 is 0 Å². The van der Waals surface area contributed by atoms with Crippen molar-refractivity contribution in [1.29, 1.82) is 0 Å². The van der Waals surface area contributed by atoms with E-state index in [1.165, 1.54) is 81.4 Å². The average molecular weight is 552 g/mol. The summed E-state index contributed by atoms with van der Waals surface area (Å²) in [4.78, 5) is 2.64. The Morgan fingerprint density at radius 2 is 1.02 bits per heavy atom. The van der Waals surface area contributed by atoms with Gasteiger partial charge in [-0.05, 0) is 81.2 Å².